The molecule has 6 heteroatoms. The van der Waals surface area contributed by atoms with E-state index >= 15 is 0 Å². The molecule has 6 nitrogen and oxygen atoms in total. The maximum Gasteiger partial charge on any atom is 0.310 e. The molecule has 26 heavy (non-hydrogen) atoms. The molecule has 0 aromatic heterocycles. The van der Waals surface area contributed by atoms with Gasteiger partial charge in [-0.1, -0.05) is 32.0 Å². The maximum atomic E-state index is 12.6. The number of aliphatic hydroxyl groups is 1. The third-order valence-electron chi connectivity index (χ3n) is 3.78. The van der Waals surface area contributed by atoms with Crippen molar-refractivity contribution in [3.05, 3.63) is 35.9 Å². The normalized spacial score (nSPS) is 12.0. The number of carbonyl (C=O) groups is 2. The van der Waals surface area contributed by atoms with E-state index in [1.54, 1.807) is 17.9 Å². The maximum absolute atomic E-state index is 12.6. The molecule has 0 bridgehead atoms. The number of carbonyl (C=O) groups excluding carboxylic acids is 2. The molecule has 0 aliphatic rings. The zero-order valence-electron chi connectivity index (χ0n) is 15.8. The predicted molar refractivity (Wildman–Crippen MR) is 101 cm³/mol. The smallest absolute Gasteiger partial charge is 0.310 e. The number of hydrogen-bond donors (Lipinski definition) is 1. The Morgan fingerprint density at radius 2 is 2.04 bits per heavy atom. The summed E-state index contributed by atoms with van der Waals surface area (Å²) in [4.78, 5) is 25.7. The fourth-order valence-corrected chi connectivity index (χ4v) is 2.39. The van der Waals surface area contributed by atoms with E-state index in [1.807, 2.05) is 31.2 Å². The van der Waals surface area contributed by atoms with Crippen LogP contribution in [0.1, 0.15) is 32.3 Å². The largest absolute Gasteiger partial charge is 0.493 e. The van der Waals surface area contributed by atoms with Gasteiger partial charge in [0, 0.05) is 31.3 Å². The molecule has 0 radical (unpaired) electrons. The van der Waals surface area contributed by atoms with Crippen molar-refractivity contribution in [2.24, 2.45) is 5.92 Å². The average Bonchev–Trinajstić information content (AvgIpc) is 2.67. The lowest BCUT2D eigenvalue weighted by atomic mass is 10.1. The molecule has 1 aromatic rings. The first kappa shape index (κ1) is 21.7. The van der Waals surface area contributed by atoms with Crippen molar-refractivity contribution in [3.63, 3.8) is 0 Å². The average molecular weight is 363 g/mol. The molecule has 144 valence electrons. The second kappa shape index (κ2) is 12.1. The number of esters is 1. The second-order valence-corrected chi connectivity index (χ2v) is 6.01. The SMILES string of the molecule is CCCOc1ccccc1/C=C/C(=O)N(CCCO)CC(C)C(=O)OC. The third-order valence-corrected chi connectivity index (χ3v) is 3.78. The summed E-state index contributed by atoms with van der Waals surface area (Å²) in [5.74, 6) is -0.298. The first-order valence-corrected chi connectivity index (χ1v) is 8.91. The standard InChI is InChI=1S/C20H29NO5/c1-4-14-26-18-9-6-5-8-17(18)10-11-19(23)21(12-7-13-22)15-16(2)20(24)25-3/h5-6,8-11,16,22H,4,7,12-15H2,1-3H3/b11-10+. The third kappa shape index (κ3) is 7.27. The molecule has 0 saturated heterocycles. The lowest BCUT2D eigenvalue weighted by Gasteiger charge is -2.23. The van der Waals surface area contributed by atoms with Gasteiger partial charge in [-0.25, -0.2) is 0 Å². The van der Waals surface area contributed by atoms with Crippen molar-refractivity contribution in [2.75, 3.05) is 33.4 Å². The summed E-state index contributed by atoms with van der Waals surface area (Å²) in [5.41, 5.74) is 0.817. The lowest BCUT2D eigenvalue weighted by molar-refractivity contribution is -0.146. The number of methoxy groups -OCH3 is 1. The van der Waals surface area contributed by atoms with Crippen LogP contribution in [0.5, 0.6) is 5.75 Å². The summed E-state index contributed by atoms with van der Waals surface area (Å²) in [5, 5.41) is 9.05. The molecular formula is C20H29NO5. The van der Waals surface area contributed by atoms with Crippen LogP contribution in [0.25, 0.3) is 6.08 Å². The Balaban J connectivity index is 2.84. The van der Waals surface area contributed by atoms with Crippen LogP contribution in [-0.4, -0.2) is 55.3 Å². The van der Waals surface area contributed by atoms with Gasteiger partial charge in [0.05, 0.1) is 19.6 Å². The van der Waals surface area contributed by atoms with Crippen LogP contribution in [-0.2, 0) is 14.3 Å². The van der Waals surface area contributed by atoms with Gasteiger partial charge in [0.1, 0.15) is 5.75 Å². The van der Waals surface area contributed by atoms with Crippen LogP contribution in [0.2, 0.25) is 0 Å². The minimum atomic E-state index is -0.434. The monoisotopic (exact) mass is 363 g/mol. The molecule has 1 atom stereocenters. The zero-order chi connectivity index (χ0) is 19.4. The van der Waals surface area contributed by atoms with E-state index in [9.17, 15) is 9.59 Å². The summed E-state index contributed by atoms with van der Waals surface area (Å²) >= 11 is 0. The van der Waals surface area contributed by atoms with E-state index in [1.165, 1.54) is 13.2 Å². The molecule has 0 fully saturated rings. The number of nitrogens with zero attached hydrogens (tertiary/aromatic N) is 1. The lowest BCUT2D eigenvalue weighted by Crippen LogP contribution is -2.37. The highest BCUT2D eigenvalue weighted by Crippen LogP contribution is 2.20. The van der Waals surface area contributed by atoms with Crippen molar-refractivity contribution in [1.29, 1.82) is 0 Å². The minimum absolute atomic E-state index is 0.0200. The molecule has 1 N–H and O–H groups in total. The van der Waals surface area contributed by atoms with Gasteiger partial charge in [-0.05, 0) is 25.0 Å². The molecule has 0 spiro atoms. The Morgan fingerprint density at radius 3 is 2.69 bits per heavy atom. The summed E-state index contributed by atoms with van der Waals surface area (Å²) in [6.07, 6.45) is 4.53. The molecule has 1 amide bonds. The van der Waals surface area contributed by atoms with Gasteiger partial charge in [-0.3, -0.25) is 9.59 Å². The Hall–Kier alpha value is -2.34. The highest BCUT2D eigenvalue weighted by Gasteiger charge is 2.20. The summed E-state index contributed by atoms with van der Waals surface area (Å²) < 4.78 is 10.4. The molecular weight excluding hydrogens is 334 g/mol. The van der Waals surface area contributed by atoms with Gasteiger partial charge in [0.25, 0.3) is 0 Å². The summed E-state index contributed by atoms with van der Waals surface area (Å²) in [6.45, 7) is 4.94. The van der Waals surface area contributed by atoms with Crippen LogP contribution >= 0.6 is 0 Å². The van der Waals surface area contributed by atoms with Crippen molar-refractivity contribution in [3.8, 4) is 5.75 Å². The van der Waals surface area contributed by atoms with Crippen LogP contribution < -0.4 is 4.74 Å². The van der Waals surface area contributed by atoms with Gasteiger partial charge in [-0.15, -0.1) is 0 Å². The Morgan fingerprint density at radius 1 is 1.31 bits per heavy atom. The molecule has 0 saturated carbocycles. The number of benzene rings is 1. The molecule has 0 heterocycles. The minimum Gasteiger partial charge on any atom is -0.493 e. The number of amides is 1. The van der Waals surface area contributed by atoms with Gasteiger partial charge < -0.3 is 19.5 Å². The van der Waals surface area contributed by atoms with Gasteiger partial charge in [0.15, 0.2) is 0 Å². The fraction of sp³-hybridized carbons (Fsp3) is 0.500. The van der Waals surface area contributed by atoms with Crippen LogP contribution in [0.15, 0.2) is 30.3 Å². The number of ether oxygens (including phenoxy) is 2. The fourth-order valence-electron chi connectivity index (χ4n) is 2.39. The molecule has 1 rings (SSSR count). The molecule has 1 unspecified atom stereocenters. The van der Waals surface area contributed by atoms with E-state index in [0.29, 0.717) is 19.6 Å². The van der Waals surface area contributed by atoms with E-state index in [2.05, 4.69) is 0 Å². The van der Waals surface area contributed by atoms with Crippen LogP contribution in [0, 0.1) is 5.92 Å². The van der Waals surface area contributed by atoms with E-state index in [4.69, 9.17) is 14.6 Å². The quantitative estimate of drug-likeness (QED) is 0.483. The van der Waals surface area contributed by atoms with Crippen LogP contribution in [0.3, 0.4) is 0 Å². The van der Waals surface area contributed by atoms with E-state index in [0.717, 1.165) is 17.7 Å². The second-order valence-electron chi connectivity index (χ2n) is 6.01. The van der Waals surface area contributed by atoms with Crippen molar-refractivity contribution in [1.82, 2.24) is 4.90 Å². The highest BCUT2D eigenvalue weighted by atomic mass is 16.5. The Bertz CT molecular complexity index is 600. The van der Waals surface area contributed by atoms with Gasteiger partial charge >= 0.3 is 5.97 Å². The number of rotatable bonds is 11. The first-order valence-electron chi connectivity index (χ1n) is 8.91. The Kier molecular flexibility index (Phi) is 10.1. The highest BCUT2D eigenvalue weighted by molar-refractivity contribution is 5.92. The number of hydrogen-bond acceptors (Lipinski definition) is 5. The molecule has 1 aromatic carbocycles. The summed E-state index contributed by atoms with van der Waals surface area (Å²) in [7, 11) is 1.33. The summed E-state index contributed by atoms with van der Waals surface area (Å²) in [6, 6.07) is 7.51. The predicted octanol–water partition coefficient (Wildman–Crippen LogP) is 2.51. The molecule has 0 aliphatic heterocycles. The van der Waals surface area contributed by atoms with Gasteiger partial charge in [0.2, 0.25) is 5.91 Å². The van der Waals surface area contributed by atoms with Crippen molar-refractivity contribution < 1.29 is 24.2 Å². The van der Waals surface area contributed by atoms with Crippen LogP contribution in [0.4, 0.5) is 0 Å². The van der Waals surface area contributed by atoms with E-state index < -0.39 is 5.92 Å². The van der Waals surface area contributed by atoms with E-state index in [-0.39, 0.29) is 25.0 Å². The van der Waals surface area contributed by atoms with Crippen molar-refractivity contribution >= 4 is 18.0 Å². The first-order chi connectivity index (χ1) is 12.5. The zero-order valence-corrected chi connectivity index (χ0v) is 15.8. The molecule has 0 aliphatic carbocycles. The van der Waals surface area contributed by atoms with Crippen molar-refractivity contribution in [2.45, 2.75) is 26.7 Å². The number of para-hydroxylation sites is 1. The topological polar surface area (TPSA) is 76.1 Å². The van der Waals surface area contributed by atoms with Gasteiger partial charge in [-0.2, -0.15) is 0 Å². The Labute approximate surface area is 155 Å². The number of aliphatic hydroxyl groups excluding tert-OH is 1.